The molecule has 5 heteroatoms. The maximum Gasteiger partial charge on any atom is 0.339 e. The number of benzene rings is 1. The van der Waals surface area contributed by atoms with Gasteiger partial charge in [-0.25, -0.2) is 4.79 Å². The Morgan fingerprint density at radius 2 is 2.21 bits per heavy atom. The number of ether oxygens (including phenoxy) is 1. The number of aromatic carboxylic acids is 1. The molecule has 0 atom stereocenters. The maximum atomic E-state index is 11.0. The molecular formula is C14H16BrNO3. The second kappa shape index (κ2) is 6.58. The molecule has 4 nitrogen and oxygen atoms in total. The van der Waals surface area contributed by atoms with Crippen molar-refractivity contribution in [1.82, 2.24) is 0 Å². The molecule has 0 heterocycles. The highest BCUT2D eigenvalue weighted by Gasteiger charge is 2.16. The summed E-state index contributed by atoms with van der Waals surface area (Å²) in [5.74, 6) is -0.670. The van der Waals surface area contributed by atoms with Gasteiger partial charge in [-0.3, -0.25) is 0 Å². The van der Waals surface area contributed by atoms with Gasteiger partial charge in [-0.05, 0) is 44.9 Å². The zero-order valence-corrected chi connectivity index (χ0v) is 12.5. The third-order valence-corrected chi connectivity index (χ3v) is 3.17. The third kappa shape index (κ3) is 4.92. The molecule has 0 aliphatic rings. The topological polar surface area (TPSA) is 70.3 Å². The average molecular weight is 326 g/mol. The first kappa shape index (κ1) is 15.5. The fourth-order valence-corrected chi connectivity index (χ4v) is 1.88. The summed E-state index contributed by atoms with van der Waals surface area (Å²) in [6.07, 6.45) is 1.41. The number of halogens is 1. The maximum absolute atomic E-state index is 11.0. The van der Waals surface area contributed by atoms with Crippen molar-refractivity contribution in [3.8, 4) is 11.8 Å². The van der Waals surface area contributed by atoms with Gasteiger partial charge in [-0.2, -0.15) is 5.26 Å². The van der Waals surface area contributed by atoms with Gasteiger partial charge in [0.25, 0.3) is 0 Å². The Kier molecular flexibility index (Phi) is 5.37. The Morgan fingerprint density at radius 1 is 1.53 bits per heavy atom. The molecule has 0 aliphatic carbocycles. The van der Waals surface area contributed by atoms with E-state index in [1.807, 2.05) is 13.8 Å². The van der Waals surface area contributed by atoms with Gasteiger partial charge in [0.1, 0.15) is 11.3 Å². The van der Waals surface area contributed by atoms with Crippen LogP contribution in [0.15, 0.2) is 22.7 Å². The van der Waals surface area contributed by atoms with Gasteiger partial charge < -0.3 is 9.84 Å². The fourth-order valence-electron chi connectivity index (χ4n) is 1.54. The van der Waals surface area contributed by atoms with E-state index in [0.717, 1.165) is 4.47 Å². The molecule has 102 valence electrons. The van der Waals surface area contributed by atoms with Crippen molar-refractivity contribution < 1.29 is 14.6 Å². The lowest BCUT2D eigenvalue weighted by Crippen LogP contribution is -2.11. The quantitative estimate of drug-likeness (QED) is 0.806. The predicted molar refractivity (Wildman–Crippen MR) is 75.2 cm³/mol. The van der Waals surface area contributed by atoms with Gasteiger partial charge in [-0.1, -0.05) is 15.9 Å². The van der Waals surface area contributed by atoms with Crippen LogP contribution in [0.3, 0.4) is 0 Å². The van der Waals surface area contributed by atoms with Crippen LogP contribution in [-0.4, -0.2) is 17.7 Å². The van der Waals surface area contributed by atoms with Crippen LogP contribution in [0.1, 0.15) is 37.0 Å². The van der Waals surface area contributed by atoms with Crippen LogP contribution >= 0.6 is 15.9 Å². The summed E-state index contributed by atoms with van der Waals surface area (Å²) >= 11 is 3.28. The van der Waals surface area contributed by atoms with E-state index < -0.39 is 5.97 Å². The van der Waals surface area contributed by atoms with Crippen molar-refractivity contribution in [3.63, 3.8) is 0 Å². The molecule has 0 unspecified atom stereocenters. The van der Waals surface area contributed by atoms with E-state index in [2.05, 4.69) is 22.0 Å². The fraction of sp³-hybridized carbons (Fsp3) is 0.429. The van der Waals surface area contributed by atoms with Crippen molar-refractivity contribution in [2.24, 2.45) is 5.41 Å². The van der Waals surface area contributed by atoms with Gasteiger partial charge in [0, 0.05) is 4.47 Å². The predicted octanol–water partition coefficient (Wildman–Crippen LogP) is 3.86. The number of nitrogens with zero attached hydrogens (tertiary/aromatic N) is 1. The smallest absolute Gasteiger partial charge is 0.339 e. The van der Waals surface area contributed by atoms with Crippen LogP contribution in [0.4, 0.5) is 0 Å². The van der Waals surface area contributed by atoms with Crippen molar-refractivity contribution >= 4 is 21.9 Å². The number of nitriles is 1. The summed E-state index contributed by atoms with van der Waals surface area (Å²) in [7, 11) is 0. The van der Waals surface area contributed by atoms with Crippen LogP contribution in [0, 0.1) is 16.7 Å². The summed E-state index contributed by atoms with van der Waals surface area (Å²) in [6.45, 7) is 4.13. The Morgan fingerprint density at radius 3 is 2.79 bits per heavy atom. The highest BCUT2D eigenvalue weighted by molar-refractivity contribution is 9.10. The second-order valence-corrected chi connectivity index (χ2v) is 5.81. The lowest BCUT2D eigenvalue weighted by atomic mass is 9.90. The van der Waals surface area contributed by atoms with Gasteiger partial charge >= 0.3 is 5.97 Å². The average Bonchev–Trinajstić information content (AvgIpc) is 2.34. The van der Waals surface area contributed by atoms with E-state index in [1.165, 1.54) is 6.07 Å². The second-order valence-electron chi connectivity index (χ2n) is 4.89. The van der Waals surface area contributed by atoms with Gasteiger partial charge in [0.15, 0.2) is 0 Å². The Hall–Kier alpha value is -1.54. The molecule has 19 heavy (non-hydrogen) atoms. The first-order chi connectivity index (χ1) is 8.85. The zero-order chi connectivity index (χ0) is 14.5. The molecule has 0 aromatic heterocycles. The number of carbonyl (C=O) groups is 1. The minimum Gasteiger partial charge on any atom is -0.493 e. The molecule has 1 aromatic carbocycles. The molecule has 0 saturated carbocycles. The largest absolute Gasteiger partial charge is 0.493 e. The lowest BCUT2D eigenvalue weighted by molar-refractivity contribution is 0.0692. The molecule has 0 amide bonds. The summed E-state index contributed by atoms with van der Waals surface area (Å²) in [5.41, 5.74) is -0.237. The zero-order valence-electron chi connectivity index (χ0n) is 10.9. The molecule has 0 aliphatic heterocycles. The summed E-state index contributed by atoms with van der Waals surface area (Å²) < 4.78 is 6.27. The first-order valence-corrected chi connectivity index (χ1v) is 6.72. The number of hydrogen-bond acceptors (Lipinski definition) is 3. The lowest BCUT2D eigenvalue weighted by Gasteiger charge is -2.15. The van der Waals surface area contributed by atoms with E-state index in [4.69, 9.17) is 15.1 Å². The first-order valence-electron chi connectivity index (χ1n) is 5.92. The Balaban J connectivity index is 2.61. The van der Waals surface area contributed by atoms with Gasteiger partial charge in [-0.15, -0.1) is 0 Å². The SMILES string of the molecule is CC(C)(C#N)CCCOc1cc(Br)ccc1C(=O)O. The van der Waals surface area contributed by atoms with E-state index in [0.29, 0.717) is 25.2 Å². The molecule has 0 saturated heterocycles. The molecule has 0 spiro atoms. The third-order valence-electron chi connectivity index (χ3n) is 2.68. The van der Waals surface area contributed by atoms with Crippen LogP contribution in [0.5, 0.6) is 5.75 Å². The standard InChI is InChI=1S/C14H16BrNO3/c1-14(2,9-16)6-3-7-19-12-8-10(15)4-5-11(12)13(17)18/h4-5,8H,3,6-7H2,1-2H3,(H,17,18). The van der Waals surface area contributed by atoms with Crippen molar-refractivity contribution in [3.05, 3.63) is 28.2 Å². The summed E-state index contributed by atoms with van der Waals surface area (Å²) in [4.78, 5) is 11.0. The minimum absolute atomic E-state index is 0.141. The number of rotatable bonds is 6. The van der Waals surface area contributed by atoms with Crippen LogP contribution in [0.2, 0.25) is 0 Å². The van der Waals surface area contributed by atoms with E-state index in [1.54, 1.807) is 12.1 Å². The monoisotopic (exact) mass is 325 g/mol. The molecule has 1 rings (SSSR count). The molecule has 0 radical (unpaired) electrons. The van der Waals surface area contributed by atoms with Crippen LogP contribution in [0.25, 0.3) is 0 Å². The highest BCUT2D eigenvalue weighted by atomic mass is 79.9. The molecule has 0 fully saturated rings. The minimum atomic E-state index is -1.01. The highest BCUT2D eigenvalue weighted by Crippen LogP contribution is 2.25. The summed E-state index contributed by atoms with van der Waals surface area (Å²) in [6, 6.07) is 7.02. The van der Waals surface area contributed by atoms with Crippen LogP contribution < -0.4 is 4.74 Å². The van der Waals surface area contributed by atoms with Crippen molar-refractivity contribution in [2.45, 2.75) is 26.7 Å². The van der Waals surface area contributed by atoms with Crippen molar-refractivity contribution in [1.29, 1.82) is 5.26 Å². The number of hydrogen-bond donors (Lipinski definition) is 1. The molecule has 1 aromatic rings. The van der Waals surface area contributed by atoms with Crippen LogP contribution in [-0.2, 0) is 0 Å². The van der Waals surface area contributed by atoms with E-state index in [9.17, 15) is 4.79 Å². The van der Waals surface area contributed by atoms with E-state index in [-0.39, 0.29) is 11.0 Å². The summed E-state index contributed by atoms with van der Waals surface area (Å²) in [5, 5.41) is 17.9. The van der Waals surface area contributed by atoms with E-state index >= 15 is 0 Å². The number of carboxylic acids is 1. The molecule has 1 N–H and O–H groups in total. The van der Waals surface area contributed by atoms with Crippen molar-refractivity contribution in [2.75, 3.05) is 6.61 Å². The Labute approximate surface area is 121 Å². The van der Waals surface area contributed by atoms with Gasteiger partial charge in [0.2, 0.25) is 0 Å². The number of carboxylic acid groups (broad SMARTS) is 1. The molecular weight excluding hydrogens is 310 g/mol. The van der Waals surface area contributed by atoms with Gasteiger partial charge in [0.05, 0.1) is 18.1 Å². The Bertz CT molecular complexity index is 506. The normalized spacial score (nSPS) is 10.8. The molecule has 0 bridgehead atoms.